The van der Waals surface area contributed by atoms with E-state index in [1.807, 2.05) is 35.0 Å². The molecule has 0 saturated carbocycles. The van der Waals surface area contributed by atoms with Gasteiger partial charge in [-0.3, -0.25) is 14.4 Å². The summed E-state index contributed by atoms with van der Waals surface area (Å²) >= 11 is 0. The van der Waals surface area contributed by atoms with Gasteiger partial charge in [0.15, 0.2) is 0 Å². The van der Waals surface area contributed by atoms with Crippen LogP contribution in [0.2, 0.25) is 0 Å². The summed E-state index contributed by atoms with van der Waals surface area (Å²) in [7, 11) is 1.97. The lowest BCUT2D eigenvalue weighted by Gasteiger charge is -2.34. The van der Waals surface area contributed by atoms with Crippen LogP contribution >= 0.6 is 0 Å². The van der Waals surface area contributed by atoms with Crippen molar-refractivity contribution >= 4 is 28.4 Å². The Labute approximate surface area is 224 Å². The topological polar surface area (TPSA) is 80.5 Å². The van der Waals surface area contributed by atoms with Gasteiger partial charge < -0.3 is 15.1 Å². The third-order valence-corrected chi connectivity index (χ3v) is 8.37. The largest absolute Gasteiger partial charge is 0.464 e. The SMILES string of the molecule is Cc1ccc2occ(C3CCN(CCN(C(=O)c4ccc(N)cc4)c4c5c(nn4C)CCCC5)CC3)c2c1. The number of benzene rings is 2. The molecule has 1 saturated heterocycles. The highest BCUT2D eigenvalue weighted by Crippen LogP contribution is 2.35. The van der Waals surface area contributed by atoms with Crippen LogP contribution in [0.1, 0.15) is 64.3 Å². The van der Waals surface area contributed by atoms with Crippen molar-refractivity contribution in [1.29, 1.82) is 0 Å². The van der Waals surface area contributed by atoms with Gasteiger partial charge in [0.1, 0.15) is 11.4 Å². The molecule has 2 aromatic heterocycles. The molecule has 6 rings (SSSR count). The van der Waals surface area contributed by atoms with Crippen molar-refractivity contribution in [2.45, 2.75) is 51.4 Å². The van der Waals surface area contributed by atoms with Gasteiger partial charge in [-0.2, -0.15) is 5.10 Å². The first kappa shape index (κ1) is 24.7. The van der Waals surface area contributed by atoms with E-state index in [1.54, 1.807) is 12.1 Å². The highest BCUT2D eigenvalue weighted by atomic mass is 16.3. The predicted octanol–water partition coefficient (Wildman–Crippen LogP) is 5.46. The first-order chi connectivity index (χ1) is 18.5. The molecule has 1 aliphatic heterocycles. The molecule has 198 valence electrons. The molecule has 7 nitrogen and oxygen atoms in total. The second-order valence-electron chi connectivity index (χ2n) is 11.0. The number of piperidine rings is 1. The van der Waals surface area contributed by atoms with E-state index in [0.717, 1.165) is 75.3 Å². The molecule has 0 unspecified atom stereocenters. The lowest BCUT2D eigenvalue weighted by Crippen LogP contribution is -2.42. The predicted molar refractivity (Wildman–Crippen MR) is 152 cm³/mol. The first-order valence-corrected chi connectivity index (χ1v) is 13.9. The minimum atomic E-state index is 0.0106. The number of fused-ring (bicyclic) bond motifs is 2. The van der Waals surface area contributed by atoms with Crippen molar-refractivity contribution in [3.05, 3.63) is 76.7 Å². The van der Waals surface area contributed by atoms with Gasteiger partial charge in [-0.25, -0.2) is 0 Å². The van der Waals surface area contributed by atoms with Gasteiger partial charge in [-0.1, -0.05) is 11.6 Å². The maximum atomic E-state index is 13.8. The Bertz CT molecular complexity index is 1440. The zero-order valence-electron chi connectivity index (χ0n) is 22.4. The zero-order chi connectivity index (χ0) is 26.2. The molecule has 1 aliphatic carbocycles. The molecule has 7 heteroatoms. The summed E-state index contributed by atoms with van der Waals surface area (Å²) in [5, 5.41) is 6.06. The number of hydrogen-bond acceptors (Lipinski definition) is 5. The van der Waals surface area contributed by atoms with E-state index < -0.39 is 0 Å². The summed E-state index contributed by atoms with van der Waals surface area (Å²) in [4.78, 5) is 18.3. The second-order valence-corrected chi connectivity index (χ2v) is 11.0. The highest BCUT2D eigenvalue weighted by Gasteiger charge is 2.29. The Morgan fingerprint density at radius 1 is 1.11 bits per heavy atom. The van der Waals surface area contributed by atoms with Crippen LogP contribution in [0.5, 0.6) is 0 Å². The Morgan fingerprint density at radius 2 is 1.87 bits per heavy atom. The number of amides is 1. The fourth-order valence-corrected chi connectivity index (χ4v) is 6.27. The molecule has 2 aromatic carbocycles. The van der Waals surface area contributed by atoms with Crippen LogP contribution in [0.25, 0.3) is 11.0 Å². The Kier molecular flexibility index (Phi) is 6.70. The van der Waals surface area contributed by atoms with Gasteiger partial charge in [0, 0.05) is 47.9 Å². The van der Waals surface area contributed by atoms with Gasteiger partial charge in [-0.15, -0.1) is 0 Å². The van der Waals surface area contributed by atoms with Gasteiger partial charge in [0.05, 0.1) is 12.0 Å². The van der Waals surface area contributed by atoms with Gasteiger partial charge in [0.25, 0.3) is 5.91 Å². The minimum Gasteiger partial charge on any atom is -0.464 e. The number of likely N-dealkylation sites (tertiary alicyclic amines) is 1. The summed E-state index contributed by atoms with van der Waals surface area (Å²) in [6, 6.07) is 13.7. The molecule has 2 N–H and O–H groups in total. The van der Waals surface area contributed by atoms with Crippen LogP contribution in [-0.4, -0.2) is 46.8 Å². The number of rotatable bonds is 6. The van der Waals surface area contributed by atoms with Crippen molar-refractivity contribution in [2.24, 2.45) is 7.05 Å². The quantitative estimate of drug-likeness (QED) is 0.348. The van der Waals surface area contributed by atoms with Gasteiger partial charge in [0.2, 0.25) is 0 Å². The molecule has 1 amide bonds. The Balaban J connectivity index is 1.19. The van der Waals surface area contributed by atoms with Crippen LogP contribution in [0, 0.1) is 6.92 Å². The third-order valence-electron chi connectivity index (χ3n) is 8.37. The second kappa shape index (κ2) is 10.3. The average Bonchev–Trinajstić information content (AvgIpc) is 3.49. The molecule has 0 radical (unpaired) electrons. The van der Waals surface area contributed by atoms with E-state index in [2.05, 4.69) is 30.0 Å². The Morgan fingerprint density at radius 3 is 2.66 bits per heavy atom. The number of anilines is 2. The average molecular weight is 512 g/mol. The summed E-state index contributed by atoms with van der Waals surface area (Å²) in [5.41, 5.74) is 13.2. The van der Waals surface area contributed by atoms with Crippen LogP contribution in [0.15, 0.2) is 53.1 Å². The van der Waals surface area contributed by atoms with E-state index in [9.17, 15) is 4.79 Å². The number of aryl methyl sites for hydroxylation is 3. The van der Waals surface area contributed by atoms with Crippen molar-refractivity contribution < 1.29 is 9.21 Å². The smallest absolute Gasteiger partial charge is 0.259 e. The number of nitrogens with two attached hydrogens (primary N) is 1. The van der Waals surface area contributed by atoms with E-state index in [1.165, 1.54) is 22.1 Å². The van der Waals surface area contributed by atoms with Crippen molar-refractivity contribution in [3.8, 4) is 0 Å². The number of carbonyl (C=O) groups is 1. The summed E-state index contributed by atoms with van der Waals surface area (Å²) in [6.07, 6.45) is 8.42. The van der Waals surface area contributed by atoms with E-state index in [0.29, 0.717) is 23.7 Å². The fraction of sp³-hybridized carbons (Fsp3) is 0.419. The molecular formula is C31H37N5O2. The van der Waals surface area contributed by atoms with E-state index >= 15 is 0 Å². The normalized spacial score (nSPS) is 16.6. The van der Waals surface area contributed by atoms with E-state index in [-0.39, 0.29) is 5.91 Å². The summed E-state index contributed by atoms with van der Waals surface area (Å²) in [5.74, 6) is 1.47. The molecule has 3 heterocycles. The number of nitrogen functional groups attached to an aromatic ring is 1. The standard InChI is InChI=1S/C31H37N5O2/c1-21-7-12-29-26(19-21)27(20-38-29)22-13-15-35(16-14-22)17-18-36(31(37)23-8-10-24(32)11-9-23)30-25-5-3-4-6-28(25)33-34(30)2/h7-12,19-20,22H,3-6,13-18,32H2,1-2H3. The number of aromatic nitrogens is 2. The maximum Gasteiger partial charge on any atom is 0.259 e. The monoisotopic (exact) mass is 511 g/mol. The lowest BCUT2D eigenvalue weighted by atomic mass is 9.89. The molecule has 0 spiro atoms. The summed E-state index contributed by atoms with van der Waals surface area (Å²) < 4.78 is 7.78. The molecular weight excluding hydrogens is 474 g/mol. The molecule has 0 atom stereocenters. The fourth-order valence-electron chi connectivity index (χ4n) is 6.27. The van der Waals surface area contributed by atoms with Gasteiger partial charge in [-0.05, 0) is 101 Å². The van der Waals surface area contributed by atoms with Crippen molar-refractivity contribution in [1.82, 2.24) is 14.7 Å². The van der Waals surface area contributed by atoms with Gasteiger partial charge >= 0.3 is 0 Å². The minimum absolute atomic E-state index is 0.0106. The van der Waals surface area contributed by atoms with E-state index in [4.69, 9.17) is 15.2 Å². The first-order valence-electron chi connectivity index (χ1n) is 13.9. The molecule has 38 heavy (non-hydrogen) atoms. The van der Waals surface area contributed by atoms with Crippen LogP contribution in [-0.2, 0) is 19.9 Å². The number of nitrogens with zero attached hydrogens (tertiary/aromatic N) is 4. The molecule has 2 aliphatic rings. The maximum absolute atomic E-state index is 13.8. The van der Waals surface area contributed by atoms with Crippen molar-refractivity contribution in [3.63, 3.8) is 0 Å². The zero-order valence-corrected chi connectivity index (χ0v) is 22.4. The number of hydrogen-bond donors (Lipinski definition) is 1. The number of carbonyl (C=O) groups excluding carboxylic acids is 1. The Hall–Kier alpha value is -3.58. The van der Waals surface area contributed by atoms with Crippen LogP contribution in [0.4, 0.5) is 11.5 Å². The molecule has 1 fully saturated rings. The van der Waals surface area contributed by atoms with Crippen LogP contribution < -0.4 is 10.6 Å². The van der Waals surface area contributed by atoms with Crippen molar-refractivity contribution in [2.75, 3.05) is 36.8 Å². The lowest BCUT2D eigenvalue weighted by molar-refractivity contribution is 0.0979. The molecule has 4 aromatic rings. The molecule has 0 bridgehead atoms. The van der Waals surface area contributed by atoms with Crippen LogP contribution in [0.3, 0.4) is 0 Å². The highest BCUT2D eigenvalue weighted by molar-refractivity contribution is 6.06. The third kappa shape index (κ3) is 4.71. The number of furan rings is 1. The summed E-state index contributed by atoms with van der Waals surface area (Å²) in [6.45, 7) is 5.62.